The molecule has 0 bridgehead atoms. The first-order chi connectivity index (χ1) is 15.1. The first kappa shape index (κ1) is 24.0. The summed E-state index contributed by atoms with van der Waals surface area (Å²) in [6, 6.07) is 13.5. The van der Waals surface area contributed by atoms with E-state index in [4.69, 9.17) is 22.1 Å². The second-order valence-corrected chi connectivity index (χ2v) is 7.64. The molecule has 4 rings (SSSR count). The average Bonchev–Trinajstić information content (AvgIpc) is 3.18. The lowest BCUT2D eigenvalue weighted by molar-refractivity contribution is 0.122. The molecule has 0 spiro atoms. The zero-order valence-electron chi connectivity index (χ0n) is 17.3. The van der Waals surface area contributed by atoms with Crippen LogP contribution < -0.4 is 16.3 Å². The van der Waals surface area contributed by atoms with Gasteiger partial charge in [0.05, 0.1) is 42.5 Å². The Labute approximate surface area is 196 Å². The molecule has 0 atom stereocenters. The van der Waals surface area contributed by atoms with Crippen molar-refractivity contribution in [3.63, 3.8) is 0 Å². The van der Waals surface area contributed by atoms with Crippen LogP contribution in [0.2, 0.25) is 5.02 Å². The Morgan fingerprint density at radius 1 is 1.19 bits per heavy atom. The normalized spacial score (nSPS) is 14.3. The van der Waals surface area contributed by atoms with E-state index in [2.05, 4.69) is 10.00 Å². The van der Waals surface area contributed by atoms with Gasteiger partial charge in [0.15, 0.2) is 0 Å². The maximum absolute atomic E-state index is 12.8. The number of nitrogens with zero attached hydrogens (tertiary/aromatic N) is 4. The number of hydrogen-bond donors (Lipinski definition) is 1. The summed E-state index contributed by atoms with van der Waals surface area (Å²) in [7, 11) is 0. The highest BCUT2D eigenvalue weighted by Gasteiger charge is 2.15. The highest BCUT2D eigenvalue weighted by molar-refractivity contribution is 6.33. The third-order valence-electron chi connectivity index (χ3n) is 5.26. The van der Waals surface area contributed by atoms with E-state index >= 15 is 0 Å². The van der Waals surface area contributed by atoms with Crippen molar-refractivity contribution in [2.24, 2.45) is 5.73 Å². The second-order valence-electron chi connectivity index (χ2n) is 7.23. The maximum Gasteiger partial charge on any atom is 0.350 e. The van der Waals surface area contributed by atoms with Gasteiger partial charge >= 0.3 is 5.69 Å². The Bertz CT molecular complexity index is 1160. The predicted octanol–water partition coefficient (Wildman–Crippen LogP) is 3.42. The summed E-state index contributed by atoms with van der Waals surface area (Å²) in [4.78, 5) is 14.9. The molecule has 1 fully saturated rings. The largest absolute Gasteiger partial charge is 0.378 e. The summed E-state index contributed by atoms with van der Waals surface area (Å²) in [6.45, 7) is 3.03. The Morgan fingerprint density at radius 2 is 1.94 bits per heavy atom. The van der Waals surface area contributed by atoms with Crippen LogP contribution in [-0.2, 0) is 11.3 Å². The fraction of sp³-hybridized carbons (Fsp3) is 0.273. The number of halogens is 3. The molecule has 0 radical (unpaired) electrons. The number of morpholine rings is 1. The van der Waals surface area contributed by atoms with Crippen LogP contribution in [0.5, 0.6) is 0 Å². The van der Waals surface area contributed by atoms with Crippen molar-refractivity contribution in [2.75, 3.05) is 37.7 Å². The van der Waals surface area contributed by atoms with Gasteiger partial charge in [0, 0.05) is 19.6 Å². The Kier molecular flexibility index (Phi) is 8.09. The van der Waals surface area contributed by atoms with Crippen molar-refractivity contribution in [3.05, 3.63) is 76.2 Å². The van der Waals surface area contributed by atoms with Gasteiger partial charge in [-0.3, -0.25) is 0 Å². The molecule has 3 aromatic rings. The van der Waals surface area contributed by atoms with E-state index in [1.807, 2.05) is 42.5 Å². The quantitative estimate of drug-likeness (QED) is 0.585. The third kappa shape index (κ3) is 5.05. The van der Waals surface area contributed by atoms with Gasteiger partial charge in [0.25, 0.3) is 0 Å². The van der Waals surface area contributed by atoms with Crippen molar-refractivity contribution < 1.29 is 9.13 Å². The molecule has 2 heterocycles. The van der Waals surface area contributed by atoms with Gasteiger partial charge in [-0.2, -0.15) is 5.10 Å². The van der Waals surface area contributed by atoms with Crippen LogP contribution in [-0.4, -0.2) is 47.2 Å². The minimum atomic E-state index is -0.370. The first-order valence-corrected chi connectivity index (χ1v) is 10.3. The number of ether oxygens (including phenoxy) is 1. The van der Waals surface area contributed by atoms with Crippen LogP contribution in [0.4, 0.5) is 10.1 Å². The highest BCUT2D eigenvalue weighted by atomic mass is 35.5. The fourth-order valence-electron chi connectivity index (χ4n) is 3.54. The van der Waals surface area contributed by atoms with Gasteiger partial charge in [-0.15, -0.1) is 12.4 Å². The number of anilines is 1. The summed E-state index contributed by atoms with van der Waals surface area (Å²) >= 11 is 6.58. The molecule has 0 saturated carbocycles. The van der Waals surface area contributed by atoms with Crippen LogP contribution >= 0.6 is 24.0 Å². The zero-order valence-corrected chi connectivity index (χ0v) is 18.9. The Morgan fingerprint density at radius 3 is 2.62 bits per heavy atom. The first-order valence-electron chi connectivity index (χ1n) is 9.96. The molecule has 32 heavy (non-hydrogen) atoms. The number of benzene rings is 2. The summed E-state index contributed by atoms with van der Waals surface area (Å²) < 4.78 is 20.8. The van der Waals surface area contributed by atoms with Crippen molar-refractivity contribution in [1.29, 1.82) is 0 Å². The van der Waals surface area contributed by atoms with E-state index in [9.17, 15) is 9.18 Å². The van der Waals surface area contributed by atoms with E-state index in [-0.39, 0.29) is 36.8 Å². The summed E-state index contributed by atoms with van der Waals surface area (Å²) in [5.41, 5.74) is 8.89. The number of nitrogens with two attached hydrogens (primary N) is 1. The SMILES string of the molecule is Cl.NC/C(=C\F)Cn1ncn(-c2cccc(-c3ccc(N4CCOCC4)c(Cl)c3)c2)c1=O. The molecule has 0 aliphatic carbocycles. The van der Waals surface area contributed by atoms with Crippen LogP contribution in [0.15, 0.2) is 65.5 Å². The average molecular weight is 480 g/mol. The van der Waals surface area contributed by atoms with Crippen molar-refractivity contribution >= 4 is 29.7 Å². The van der Waals surface area contributed by atoms with Crippen molar-refractivity contribution in [2.45, 2.75) is 6.54 Å². The summed E-state index contributed by atoms with van der Waals surface area (Å²) in [5.74, 6) is 0. The number of hydrogen-bond acceptors (Lipinski definition) is 5. The van der Waals surface area contributed by atoms with E-state index in [0.717, 1.165) is 29.9 Å². The van der Waals surface area contributed by atoms with Crippen LogP contribution in [0, 0.1) is 0 Å². The van der Waals surface area contributed by atoms with E-state index < -0.39 is 0 Å². The molecule has 1 aromatic heterocycles. The Balaban J connectivity index is 0.00000289. The van der Waals surface area contributed by atoms with Crippen LogP contribution in [0.3, 0.4) is 0 Å². The maximum atomic E-state index is 12.8. The standard InChI is InChI=1S/C22H23ClFN5O2.ClH/c23-20-11-18(4-5-21(20)27-6-8-31-9-7-27)17-2-1-3-19(10-17)28-15-26-29(22(28)30)14-16(12-24)13-25;/h1-5,10-12,15H,6-9,13-14,25H2;1H/b16-12+;. The lowest BCUT2D eigenvalue weighted by Gasteiger charge is -2.29. The third-order valence-corrected chi connectivity index (χ3v) is 5.56. The second kappa shape index (κ2) is 10.8. The summed E-state index contributed by atoms with van der Waals surface area (Å²) in [5, 5.41) is 4.74. The van der Waals surface area contributed by atoms with Crippen LogP contribution in [0.1, 0.15) is 0 Å². The molecule has 1 saturated heterocycles. The molecule has 170 valence electrons. The molecule has 1 aliphatic heterocycles. The number of rotatable bonds is 6. The molecule has 10 heteroatoms. The molecule has 7 nitrogen and oxygen atoms in total. The van der Waals surface area contributed by atoms with Crippen molar-refractivity contribution in [1.82, 2.24) is 14.3 Å². The van der Waals surface area contributed by atoms with Crippen LogP contribution in [0.25, 0.3) is 16.8 Å². The van der Waals surface area contributed by atoms with Gasteiger partial charge in [-0.05, 0) is 41.0 Å². The molecule has 0 unspecified atom stereocenters. The van der Waals surface area contributed by atoms with Gasteiger partial charge < -0.3 is 15.4 Å². The highest BCUT2D eigenvalue weighted by Crippen LogP contribution is 2.32. The molecule has 1 aliphatic rings. The monoisotopic (exact) mass is 479 g/mol. The Hall–Kier alpha value is -2.65. The minimum Gasteiger partial charge on any atom is -0.378 e. The van der Waals surface area contributed by atoms with Gasteiger partial charge in [0.2, 0.25) is 0 Å². The minimum absolute atomic E-state index is 0. The van der Waals surface area contributed by atoms with E-state index in [0.29, 0.717) is 30.3 Å². The van der Waals surface area contributed by atoms with Gasteiger partial charge in [-0.25, -0.2) is 18.4 Å². The smallest absolute Gasteiger partial charge is 0.350 e. The fourth-order valence-corrected chi connectivity index (χ4v) is 3.84. The molecular weight excluding hydrogens is 456 g/mol. The van der Waals surface area contributed by atoms with E-state index in [1.165, 1.54) is 15.6 Å². The lowest BCUT2D eigenvalue weighted by Crippen LogP contribution is -2.36. The predicted molar refractivity (Wildman–Crippen MR) is 127 cm³/mol. The van der Waals surface area contributed by atoms with Gasteiger partial charge in [0.1, 0.15) is 6.33 Å². The van der Waals surface area contributed by atoms with Crippen molar-refractivity contribution in [3.8, 4) is 16.8 Å². The topological polar surface area (TPSA) is 78.3 Å². The lowest BCUT2D eigenvalue weighted by atomic mass is 10.0. The molecule has 0 amide bonds. The molecule has 2 N–H and O–H groups in total. The van der Waals surface area contributed by atoms with E-state index in [1.54, 1.807) is 0 Å². The molecular formula is C22H24Cl2FN5O2. The summed E-state index contributed by atoms with van der Waals surface area (Å²) in [6.07, 6.45) is 1.83. The zero-order chi connectivity index (χ0) is 21.8. The number of aromatic nitrogens is 3. The van der Waals surface area contributed by atoms with Gasteiger partial charge in [-0.1, -0.05) is 29.8 Å². The molecule has 2 aromatic carbocycles.